The van der Waals surface area contributed by atoms with Crippen molar-refractivity contribution in [1.82, 2.24) is 0 Å². The molecule has 1 aromatic carbocycles. The Bertz CT molecular complexity index is 706. The molecule has 1 aliphatic heterocycles. The topological polar surface area (TPSA) is 123 Å². The van der Waals surface area contributed by atoms with E-state index in [9.17, 15) is 10.1 Å². The van der Waals surface area contributed by atoms with Crippen molar-refractivity contribution in [3.8, 4) is 0 Å². The predicted molar refractivity (Wildman–Crippen MR) is 89.4 cm³/mol. The second kappa shape index (κ2) is 5.53. The van der Waals surface area contributed by atoms with E-state index in [0.29, 0.717) is 5.56 Å². The molecule has 1 heterocycles. The summed E-state index contributed by atoms with van der Waals surface area (Å²) in [6.45, 7) is 1.71. The van der Waals surface area contributed by atoms with Gasteiger partial charge in [-0.15, -0.1) is 0 Å². The lowest BCUT2D eigenvalue weighted by Gasteiger charge is -2.45. The number of hydrogen-bond donors (Lipinski definition) is 2. The highest BCUT2D eigenvalue weighted by Crippen LogP contribution is 2.40. The van der Waals surface area contributed by atoms with Crippen molar-refractivity contribution in [3.05, 3.63) is 33.9 Å². The molecule has 1 spiro atoms. The first-order valence-electron chi connectivity index (χ1n) is 7.68. The molecule has 3 rings (SSSR count). The average molecular weight is 316 g/mol. The third-order valence-corrected chi connectivity index (χ3v) is 4.49. The van der Waals surface area contributed by atoms with Crippen LogP contribution in [0.15, 0.2) is 28.2 Å². The van der Waals surface area contributed by atoms with E-state index in [4.69, 9.17) is 11.5 Å². The van der Waals surface area contributed by atoms with Gasteiger partial charge in [-0.2, -0.15) is 4.99 Å². The summed E-state index contributed by atoms with van der Waals surface area (Å²) in [7, 11) is 0. The van der Waals surface area contributed by atoms with Crippen LogP contribution in [-0.2, 0) is 0 Å². The van der Waals surface area contributed by atoms with Crippen molar-refractivity contribution in [2.24, 2.45) is 21.5 Å². The molecule has 0 atom stereocenters. The predicted octanol–water partition coefficient (Wildman–Crippen LogP) is 2.01. The van der Waals surface area contributed by atoms with E-state index in [2.05, 4.69) is 9.98 Å². The zero-order valence-electron chi connectivity index (χ0n) is 13.0. The Morgan fingerprint density at radius 1 is 1.26 bits per heavy atom. The number of nitro groups is 1. The number of guanidine groups is 2. The molecule has 0 aromatic heterocycles. The quantitative estimate of drug-likeness (QED) is 0.638. The van der Waals surface area contributed by atoms with Crippen LogP contribution in [0.25, 0.3) is 0 Å². The molecule has 0 saturated heterocycles. The molecular weight excluding hydrogens is 296 g/mol. The van der Waals surface area contributed by atoms with Gasteiger partial charge in [0.1, 0.15) is 5.66 Å². The number of nitrogens with zero attached hydrogens (tertiary/aromatic N) is 4. The molecule has 0 bridgehead atoms. The van der Waals surface area contributed by atoms with Gasteiger partial charge in [0, 0.05) is 17.3 Å². The molecule has 122 valence electrons. The molecule has 0 amide bonds. The molecule has 1 fully saturated rings. The van der Waals surface area contributed by atoms with Gasteiger partial charge in [0.15, 0.2) is 0 Å². The number of benzene rings is 1. The highest BCUT2D eigenvalue weighted by atomic mass is 16.6. The minimum absolute atomic E-state index is 0.0852. The van der Waals surface area contributed by atoms with Crippen LogP contribution in [0.1, 0.15) is 37.7 Å². The van der Waals surface area contributed by atoms with Crippen LogP contribution < -0.4 is 16.4 Å². The fourth-order valence-corrected chi connectivity index (χ4v) is 3.48. The lowest BCUT2D eigenvalue weighted by Crippen LogP contribution is -2.58. The van der Waals surface area contributed by atoms with Gasteiger partial charge in [-0.3, -0.25) is 15.0 Å². The van der Waals surface area contributed by atoms with Crippen molar-refractivity contribution >= 4 is 23.3 Å². The summed E-state index contributed by atoms with van der Waals surface area (Å²) in [5.41, 5.74) is 12.9. The first-order valence-corrected chi connectivity index (χ1v) is 7.68. The minimum Gasteiger partial charge on any atom is -0.369 e. The maximum atomic E-state index is 11.0. The summed E-state index contributed by atoms with van der Waals surface area (Å²) >= 11 is 0. The summed E-state index contributed by atoms with van der Waals surface area (Å²) in [4.78, 5) is 21.2. The minimum atomic E-state index is -0.531. The maximum absolute atomic E-state index is 11.0. The van der Waals surface area contributed by atoms with Crippen LogP contribution in [0.3, 0.4) is 0 Å². The lowest BCUT2D eigenvalue weighted by atomic mass is 9.87. The number of rotatable bonds is 2. The molecule has 0 unspecified atom stereocenters. The van der Waals surface area contributed by atoms with E-state index in [-0.39, 0.29) is 22.5 Å². The Labute approximate surface area is 134 Å². The van der Waals surface area contributed by atoms with Crippen LogP contribution in [0.4, 0.5) is 11.4 Å². The van der Waals surface area contributed by atoms with Gasteiger partial charge in [0.2, 0.25) is 11.9 Å². The van der Waals surface area contributed by atoms with Gasteiger partial charge in [-0.05, 0) is 44.7 Å². The van der Waals surface area contributed by atoms with Crippen molar-refractivity contribution in [3.63, 3.8) is 0 Å². The van der Waals surface area contributed by atoms with Crippen molar-refractivity contribution in [2.45, 2.75) is 44.7 Å². The van der Waals surface area contributed by atoms with Crippen molar-refractivity contribution in [1.29, 1.82) is 0 Å². The summed E-state index contributed by atoms with van der Waals surface area (Å²) in [5, 5.41) is 11.0. The van der Waals surface area contributed by atoms with Crippen LogP contribution >= 0.6 is 0 Å². The molecule has 8 nitrogen and oxygen atoms in total. The molecule has 2 aliphatic rings. The van der Waals surface area contributed by atoms with Crippen LogP contribution in [0.5, 0.6) is 0 Å². The summed E-state index contributed by atoms with van der Waals surface area (Å²) in [6, 6.07) is 4.95. The summed E-state index contributed by atoms with van der Waals surface area (Å²) < 4.78 is 0. The summed E-state index contributed by atoms with van der Waals surface area (Å²) in [5.74, 6) is 0.479. The maximum Gasteiger partial charge on any atom is 0.272 e. The molecule has 1 aromatic rings. The number of nitrogens with two attached hydrogens (primary N) is 2. The molecule has 1 saturated carbocycles. The molecular formula is C15H20N6O2. The van der Waals surface area contributed by atoms with Gasteiger partial charge in [-0.1, -0.05) is 6.42 Å². The summed E-state index contributed by atoms with van der Waals surface area (Å²) in [6.07, 6.45) is 4.89. The number of aliphatic imine (C=N–C) groups is 2. The van der Waals surface area contributed by atoms with Gasteiger partial charge >= 0.3 is 0 Å². The van der Waals surface area contributed by atoms with Gasteiger partial charge in [0.05, 0.1) is 4.92 Å². The van der Waals surface area contributed by atoms with Crippen molar-refractivity contribution in [2.75, 3.05) is 4.90 Å². The number of hydrogen-bond acceptors (Lipinski definition) is 7. The van der Waals surface area contributed by atoms with E-state index >= 15 is 0 Å². The number of aryl methyl sites for hydroxylation is 1. The standard InChI is InChI=1S/C15H20N6O2/c1-10-9-11(5-6-12(10)21(22)23)20-14(17)18-13(16)19-15(20)7-3-2-4-8-15/h5-6,9H,2-4,7-8H2,1H3,(H4,16,17,18,19). The van der Waals surface area contributed by atoms with Crippen molar-refractivity contribution < 1.29 is 4.92 Å². The largest absolute Gasteiger partial charge is 0.369 e. The Kier molecular flexibility index (Phi) is 3.67. The molecule has 0 radical (unpaired) electrons. The molecule has 8 heteroatoms. The van der Waals surface area contributed by atoms with Gasteiger partial charge < -0.3 is 11.5 Å². The Balaban J connectivity index is 2.07. The van der Waals surface area contributed by atoms with Crippen LogP contribution in [-0.4, -0.2) is 22.5 Å². The fourth-order valence-electron chi connectivity index (χ4n) is 3.48. The number of nitro benzene ring substituents is 1. The molecule has 1 aliphatic carbocycles. The first kappa shape index (κ1) is 15.3. The Hall–Kier alpha value is -2.64. The lowest BCUT2D eigenvalue weighted by molar-refractivity contribution is -0.385. The monoisotopic (exact) mass is 316 g/mol. The second-order valence-electron chi connectivity index (χ2n) is 6.05. The first-order chi connectivity index (χ1) is 10.9. The van der Waals surface area contributed by atoms with Crippen LogP contribution in [0.2, 0.25) is 0 Å². The fraction of sp³-hybridized carbons (Fsp3) is 0.467. The smallest absolute Gasteiger partial charge is 0.272 e. The molecule has 4 N–H and O–H groups in total. The van der Waals surface area contributed by atoms with Gasteiger partial charge in [0.25, 0.3) is 5.69 Å². The Morgan fingerprint density at radius 2 is 1.96 bits per heavy atom. The van der Waals surface area contributed by atoms with Crippen LogP contribution in [0, 0.1) is 17.0 Å². The zero-order chi connectivity index (χ0) is 16.6. The third kappa shape index (κ3) is 2.60. The second-order valence-corrected chi connectivity index (χ2v) is 6.05. The normalized spacial score (nSPS) is 20.1. The number of anilines is 1. The van der Waals surface area contributed by atoms with E-state index in [0.717, 1.165) is 37.8 Å². The van der Waals surface area contributed by atoms with E-state index in [1.165, 1.54) is 6.07 Å². The highest BCUT2D eigenvalue weighted by molar-refractivity contribution is 6.05. The van der Waals surface area contributed by atoms with E-state index < -0.39 is 5.66 Å². The Morgan fingerprint density at radius 3 is 2.57 bits per heavy atom. The third-order valence-electron chi connectivity index (χ3n) is 4.49. The molecule has 23 heavy (non-hydrogen) atoms. The average Bonchev–Trinajstić information content (AvgIpc) is 2.46. The van der Waals surface area contributed by atoms with Gasteiger partial charge in [-0.25, -0.2) is 4.99 Å². The SMILES string of the molecule is Cc1cc(N2C(N)=NC(N)=NC23CCCCC3)ccc1[N+](=O)[O-]. The van der Waals surface area contributed by atoms with E-state index in [1.807, 2.05) is 4.90 Å². The van der Waals surface area contributed by atoms with E-state index in [1.54, 1.807) is 19.1 Å². The highest BCUT2D eigenvalue weighted by Gasteiger charge is 2.42. The zero-order valence-corrected chi connectivity index (χ0v) is 13.0.